The average molecular weight is 574 g/mol. The molecule has 0 amide bonds. The second-order valence-electron chi connectivity index (χ2n) is 8.43. The normalized spacial score (nSPS) is 25.4. The van der Waals surface area contributed by atoms with Crippen molar-refractivity contribution in [3.63, 3.8) is 0 Å². The molecule has 0 aliphatic carbocycles. The Kier molecular flexibility index (Phi) is 9.20. The molecule has 206 valence electrons. The number of rotatable bonds is 10. The van der Waals surface area contributed by atoms with Gasteiger partial charge in [-0.25, -0.2) is 18.5 Å². The van der Waals surface area contributed by atoms with Crippen LogP contribution in [0.1, 0.15) is 27.0 Å². The number of nitrogens with zero attached hydrogens (tertiary/aromatic N) is 2. The molecule has 1 aliphatic heterocycles. The highest BCUT2D eigenvalue weighted by atomic mass is 35.5. The summed E-state index contributed by atoms with van der Waals surface area (Å²) in [5.41, 5.74) is 4.26. The number of aliphatic hydroxyl groups excluding tert-OH is 1. The van der Waals surface area contributed by atoms with Gasteiger partial charge in [-0.3, -0.25) is 13.6 Å². The number of alkyl halides is 1. The van der Waals surface area contributed by atoms with E-state index in [1.165, 1.54) is 19.1 Å². The zero-order valence-electron chi connectivity index (χ0n) is 20.5. The Labute approximate surface area is 222 Å². The smallest absolute Gasteiger partial charge is 0.461 e. The van der Waals surface area contributed by atoms with E-state index in [1.807, 2.05) is 0 Å². The van der Waals surface area contributed by atoms with Crippen molar-refractivity contribution < 1.29 is 41.9 Å². The fourth-order valence-corrected chi connectivity index (χ4v) is 4.99. The number of hydrogen-bond donors (Lipinski definition) is 2. The Bertz CT molecular complexity index is 1310. The number of nitrogens with two attached hydrogens (primary N) is 1. The topological polar surface area (TPSA) is 161 Å². The second kappa shape index (κ2) is 11.8. The summed E-state index contributed by atoms with van der Waals surface area (Å²) in [6, 6.07) is 7.80. The fraction of sp³-hybridized carbons (Fsp3) is 0.435. The number of para-hydroxylation sites is 1. The SMILES string of the molecule is C#C[C@@]1(Cl)[C@@H](O)C(COP(=O)(Oc2ccccc2)O[C@@H](C)C(=O)OC(C)C)O[C@H]1n1cc(F)c(N)nc1=O. The first kappa shape index (κ1) is 29.6. The van der Waals surface area contributed by atoms with E-state index in [0.29, 0.717) is 10.8 Å². The third-order valence-electron chi connectivity index (χ3n) is 5.18. The van der Waals surface area contributed by atoms with E-state index in [1.54, 1.807) is 32.0 Å². The van der Waals surface area contributed by atoms with E-state index in [9.17, 15) is 23.7 Å². The van der Waals surface area contributed by atoms with Crippen molar-refractivity contribution in [2.24, 2.45) is 0 Å². The van der Waals surface area contributed by atoms with E-state index in [2.05, 4.69) is 10.9 Å². The number of halogens is 2. The lowest BCUT2D eigenvalue weighted by Gasteiger charge is -2.25. The quantitative estimate of drug-likeness (QED) is 0.186. The van der Waals surface area contributed by atoms with E-state index >= 15 is 0 Å². The maximum atomic E-state index is 14.0. The number of terminal acetylenes is 1. The lowest BCUT2D eigenvalue weighted by molar-refractivity contribution is -0.156. The summed E-state index contributed by atoms with van der Waals surface area (Å²) in [7, 11) is -4.58. The van der Waals surface area contributed by atoms with Crippen LogP contribution in [-0.2, 0) is 27.9 Å². The van der Waals surface area contributed by atoms with Crippen molar-refractivity contribution in [3.05, 3.63) is 52.8 Å². The number of aromatic nitrogens is 2. The zero-order valence-corrected chi connectivity index (χ0v) is 22.2. The molecule has 0 radical (unpaired) electrons. The molecular weight excluding hydrogens is 548 g/mol. The molecular formula is C23H26ClFN3O9P. The first-order chi connectivity index (χ1) is 17.8. The summed E-state index contributed by atoms with van der Waals surface area (Å²) >= 11 is 6.42. The number of carbonyl (C=O) groups is 1. The highest BCUT2D eigenvalue weighted by Crippen LogP contribution is 2.52. The van der Waals surface area contributed by atoms with Crippen LogP contribution in [0, 0.1) is 18.2 Å². The molecule has 1 aliphatic rings. The van der Waals surface area contributed by atoms with Gasteiger partial charge in [0.05, 0.1) is 18.9 Å². The van der Waals surface area contributed by atoms with Gasteiger partial charge in [-0.15, -0.1) is 6.42 Å². The van der Waals surface area contributed by atoms with Gasteiger partial charge in [-0.2, -0.15) is 4.98 Å². The molecule has 2 aromatic rings. The summed E-state index contributed by atoms with van der Waals surface area (Å²) in [5, 5.41) is 10.8. The molecule has 38 heavy (non-hydrogen) atoms. The Morgan fingerprint density at radius 3 is 2.66 bits per heavy atom. The Morgan fingerprint density at radius 2 is 2.05 bits per heavy atom. The van der Waals surface area contributed by atoms with Gasteiger partial charge in [0.15, 0.2) is 28.8 Å². The highest BCUT2D eigenvalue weighted by Gasteiger charge is 2.56. The number of anilines is 1. The zero-order chi connectivity index (χ0) is 28.3. The van der Waals surface area contributed by atoms with Gasteiger partial charge < -0.3 is 24.8 Å². The lowest BCUT2D eigenvalue weighted by atomic mass is 9.99. The first-order valence-electron chi connectivity index (χ1n) is 11.2. The molecule has 12 nitrogen and oxygen atoms in total. The largest absolute Gasteiger partial charge is 0.530 e. The Hall–Kier alpha value is -2.98. The third-order valence-corrected chi connectivity index (χ3v) is 7.18. The van der Waals surface area contributed by atoms with Crippen LogP contribution in [0.3, 0.4) is 0 Å². The van der Waals surface area contributed by atoms with Crippen LogP contribution in [0.15, 0.2) is 41.3 Å². The predicted octanol–water partition coefficient (Wildman–Crippen LogP) is 2.39. The standard InChI is InChI=1S/C23H26ClFN3O9P/c1-5-23(24)18(29)17(35-21(23)28-11-16(25)19(26)27-22(28)31)12-33-38(32,37-15-9-7-6-8-10-15)36-14(4)20(30)34-13(2)3/h1,6-11,13-14,17-18,21,29H,12H2,2-4H3,(H2,26,27,31)/t14-,17?,18-,21+,23+,38?/m0/s1. The van der Waals surface area contributed by atoms with Gasteiger partial charge in [-0.05, 0) is 32.9 Å². The molecule has 0 saturated carbocycles. The summed E-state index contributed by atoms with van der Waals surface area (Å²) in [4.78, 5) is 25.8. The van der Waals surface area contributed by atoms with Gasteiger partial charge in [0.1, 0.15) is 18.0 Å². The van der Waals surface area contributed by atoms with Crippen molar-refractivity contribution in [2.45, 2.75) is 56.3 Å². The fourth-order valence-electron chi connectivity index (χ4n) is 3.35. The van der Waals surface area contributed by atoms with Gasteiger partial charge >= 0.3 is 19.5 Å². The number of phosphoric acid groups is 1. The van der Waals surface area contributed by atoms with Gasteiger partial charge in [0.25, 0.3) is 0 Å². The first-order valence-corrected chi connectivity index (χ1v) is 13.1. The minimum atomic E-state index is -4.58. The van der Waals surface area contributed by atoms with Gasteiger partial charge in [-0.1, -0.05) is 35.7 Å². The number of phosphoric ester groups is 1. The molecule has 2 heterocycles. The molecule has 1 fully saturated rings. The minimum Gasteiger partial charge on any atom is -0.461 e. The minimum absolute atomic E-state index is 0.0799. The van der Waals surface area contributed by atoms with Crippen molar-refractivity contribution in [2.75, 3.05) is 12.3 Å². The number of esters is 1. The van der Waals surface area contributed by atoms with Crippen LogP contribution < -0.4 is 15.9 Å². The molecule has 6 atom stereocenters. The van der Waals surface area contributed by atoms with E-state index in [0.717, 1.165) is 0 Å². The Balaban J connectivity index is 1.85. The highest BCUT2D eigenvalue weighted by molar-refractivity contribution is 7.49. The molecule has 1 aromatic heterocycles. The molecule has 0 bridgehead atoms. The second-order valence-corrected chi connectivity index (χ2v) is 10.6. The summed E-state index contributed by atoms with van der Waals surface area (Å²) in [6.07, 6.45) is -0.426. The molecule has 3 rings (SSSR count). The van der Waals surface area contributed by atoms with Crippen LogP contribution in [0.5, 0.6) is 5.75 Å². The average Bonchev–Trinajstić information content (AvgIpc) is 3.10. The van der Waals surface area contributed by atoms with E-state index in [4.69, 9.17) is 46.8 Å². The maximum absolute atomic E-state index is 14.0. The lowest BCUT2D eigenvalue weighted by Crippen LogP contribution is -2.43. The Morgan fingerprint density at radius 1 is 1.39 bits per heavy atom. The molecule has 0 spiro atoms. The number of nitrogen functional groups attached to an aromatic ring is 1. The van der Waals surface area contributed by atoms with Crippen LogP contribution in [-0.4, -0.2) is 56.5 Å². The van der Waals surface area contributed by atoms with E-state index in [-0.39, 0.29) is 5.75 Å². The monoisotopic (exact) mass is 573 g/mol. The van der Waals surface area contributed by atoms with Crippen molar-refractivity contribution >= 4 is 31.2 Å². The number of benzene rings is 1. The predicted molar refractivity (Wildman–Crippen MR) is 133 cm³/mol. The molecule has 2 unspecified atom stereocenters. The molecule has 1 aromatic carbocycles. The molecule has 3 N–H and O–H groups in total. The number of aliphatic hydroxyl groups is 1. The van der Waals surface area contributed by atoms with Crippen LogP contribution in [0.4, 0.5) is 10.2 Å². The summed E-state index contributed by atoms with van der Waals surface area (Å²) in [6.45, 7) is 3.81. The summed E-state index contributed by atoms with van der Waals surface area (Å²) < 4.78 is 55.1. The number of ether oxygens (including phenoxy) is 2. The number of carbonyl (C=O) groups excluding carboxylic acids is 1. The van der Waals surface area contributed by atoms with Gasteiger partial charge in [0, 0.05) is 0 Å². The van der Waals surface area contributed by atoms with Crippen LogP contribution in [0.25, 0.3) is 0 Å². The van der Waals surface area contributed by atoms with Gasteiger partial charge in [0.2, 0.25) is 0 Å². The molecule has 1 saturated heterocycles. The van der Waals surface area contributed by atoms with E-state index < -0.39 is 73.2 Å². The number of hydrogen-bond acceptors (Lipinski definition) is 11. The van der Waals surface area contributed by atoms with Crippen molar-refractivity contribution in [3.8, 4) is 18.1 Å². The van der Waals surface area contributed by atoms with Crippen LogP contribution in [0.2, 0.25) is 0 Å². The molecule has 15 heteroatoms. The maximum Gasteiger partial charge on any atom is 0.530 e. The van der Waals surface area contributed by atoms with Crippen LogP contribution >= 0.6 is 19.4 Å². The van der Waals surface area contributed by atoms with Crippen molar-refractivity contribution in [1.82, 2.24) is 9.55 Å². The summed E-state index contributed by atoms with van der Waals surface area (Å²) in [5.74, 6) is -0.339. The van der Waals surface area contributed by atoms with Crippen molar-refractivity contribution in [1.29, 1.82) is 0 Å². The third kappa shape index (κ3) is 6.53.